The summed E-state index contributed by atoms with van der Waals surface area (Å²) >= 11 is 3.27. The van der Waals surface area contributed by atoms with Crippen LogP contribution in [0.4, 0.5) is 11.4 Å². The summed E-state index contributed by atoms with van der Waals surface area (Å²) in [6.45, 7) is 3.77. The molecule has 0 unspecified atom stereocenters. The van der Waals surface area contributed by atoms with Crippen LogP contribution in [0.1, 0.15) is 11.4 Å². The number of amides is 1. The van der Waals surface area contributed by atoms with Crippen molar-refractivity contribution in [1.82, 2.24) is 14.8 Å². The van der Waals surface area contributed by atoms with Crippen molar-refractivity contribution in [1.29, 1.82) is 0 Å². The third-order valence-electron chi connectivity index (χ3n) is 2.76. The van der Waals surface area contributed by atoms with Gasteiger partial charge >= 0.3 is 0 Å². The maximum absolute atomic E-state index is 11.9. The molecule has 0 aliphatic rings. The van der Waals surface area contributed by atoms with Crippen LogP contribution in [0.25, 0.3) is 0 Å². The van der Waals surface area contributed by atoms with Crippen molar-refractivity contribution in [2.24, 2.45) is 0 Å². The van der Waals surface area contributed by atoms with Gasteiger partial charge < -0.3 is 11.1 Å². The van der Waals surface area contributed by atoms with Gasteiger partial charge in [-0.05, 0) is 41.9 Å². The maximum atomic E-state index is 11.9. The Morgan fingerprint density at radius 3 is 2.84 bits per heavy atom. The van der Waals surface area contributed by atoms with Crippen molar-refractivity contribution in [2.75, 3.05) is 11.1 Å². The van der Waals surface area contributed by atoms with Crippen LogP contribution in [-0.4, -0.2) is 20.7 Å². The van der Waals surface area contributed by atoms with Gasteiger partial charge in [0.1, 0.15) is 11.1 Å². The van der Waals surface area contributed by atoms with Crippen LogP contribution in [0, 0.1) is 13.8 Å². The number of aromatic nitrogens is 3. The lowest BCUT2D eigenvalue weighted by Gasteiger charge is -2.07. The van der Waals surface area contributed by atoms with Gasteiger partial charge in [-0.1, -0.05) is 0 Å². The Kier molecular flexibility index (Phi) is 3.84. The second-order valence-corrected chi connectivity index (χ2v) is 4.88. The van der Waals surface area contributed by atoms with Gasteiger partial charge in [0.2, 0.25) is 5.91 Å². The van der Waals surface area contributed by atoms with Crippen LogP contribution in [0.5, 0.6) is 0 Å². The summed E-state index contributed by atoms with van der Waals surface area (Å²) in [5.74, 6) is -0.181. The van der Waals surface area contributed by atoms with Crippen LogP contribution < -0.4 is 11.1 Å². The first-order valence-corrected chi connectivity index (χ1v) is 6.48. The highest BCUT2D eigenvalue weighted by molar-refractivity contribution is 9.10. The van der Waals surface area contributed by atoms with Gasteiger partial charge in [-0.2, -0.15) is 5.10 Å². The van der Waals surface area contributed by atoms with Gasteiger partial charge in [-0.25, -0.2) is 4.98 Å². The summed E-state index contributed by atoms with van der Waals surface area (Å²) in [7, 11) is 0. The molecule has 3 N–H and O–H groups in total. The Hall–Kier alpha value is -1.89. The zero-order valence-corrected chi connectivity index (χ0v) is 12.2. The minimum Gasteiger partial charge on any atom is -0.396 e. The third kappa shape index (κ3) is 2.93. The average Bonchev–Trinajstić information content (AvgIpc) is 2.60. The molecule has 100 valence electrons. The van der Waals surface area contributed by atoms with E-state index >= 15 is 0 Å². The zero-order valence-electron chi connectivity index (χ0n) is 10.6. The molecule has 0 saturated carbocycles. The van der Waals surface area contributed by atoms with E-state index in [1.54, 1.807) is 23.0 Å². The van der Waals surface area contributed by atoms with Crippen LogP contribution in [-0.2, 0) is 11.3 Å². The summed E-state index contributed by atoms with van der Waals surface area (Å²) in [6, 6.07) is 3.52. The fourth-order valence-electron chi connectivity index (χ4n) is 1.67. The molecule has 0 bridgehead atoms. The Morgan fingerprint density at radius 1 is 1.53 bits per heavy atom. The van der Waals surface area contributed by atoms with Gasteiger partial charge in [0.05, 0.1) is 22.8 Å². The lowest BCUT2D eigenvalue weighted by molar-refractivity contribution is -0.116. The van der Waals surface area contributed by atoms with Crippen molar-refractivity contribution < 1.29 is 4.79 Å². The SMILES string of the molecule is Cc1nn(CC(=O)Nc2cccnc2Br)c(C)c1N. The summed E-state index contributed by atoms with van der Waals surface area (Å²) in [6.07, 6.45) is 1.64. The standard InChI is InChI=1S/C12H14BrN5O/c1-7-11(14)8(2)18(17-7)6-10(19)16-9-4-3-5-15-12(9)13/h3-5H,6,14H2,1-2H3,(H,16,19). The Bertz CT molecular complexity index is 623. The van der Waals surface area contributed by atoms with E-state index in [1.807, 2.05) is 13.8 Å². The molecule has 0 aliphatic carbocycles. The van der Waals surface area contributed by atoms with Crippen molar-refractivity contribution in [2.45, 2.75) is 20.4 Å². The molecule has 0 saturated heterocycles. The molecule has 1 amide bonds. The topological polar surface area (TPSA) is 85.8 Å². The summed E-state index contributed by atoms with van der Waals surface area (Å²) in [5, 5.41) is 6.98. The largest absolute Gasteiger partial charge is 0.396 e. The van der Waals surface area contributed by atoms with Crippen molar-refractivity contribution in [3.8, 4) is 0 Å². The molecule has 7 heteroatoms. The molecular formula is C12H14BrN5O. The summed E-state index contributed by atoms with van der Waals surface area (Å²) in [5.41, 5.74) is 8.59. The molecule has 2 aromatic rings. The molecular weight excluding hydrogens is 310 g/mol. The molecule has 2 heterocycles. The molecule has 2 aromatic heterocycles. The second kappa shape index (κ2) is 5.40. The number of anilines is 2. The third-order valence-corrected chi connectivity index (χ3v) is 3.40. The maximum Gasteiger partial charge on any atom is 0.246 e. The van der Waals surface area contributed by atoms with E-state index in [0.717, 1.165) is 11.4 Å². The van der Waals surface area contributed by atoms with E-state index in [0.29, 0.717) is 16.0 Å². The smallest absolute Gasteiger partial charge is 0.246 e. The number of hydrogen-bond acceptors (Lipinski definition) is 4. The first kappa shape index (κ1) is 13.5. The minimum absolute atomic E-state index is 0.116. The van der Waals surface area contributed by atoms with Crippen molar-refractivity contribution >= 4 is 33.2 Å². The number of halogens is 1. The number of hydrogen-bond donors (Lipinski definition) is 2. The van der Waals surface area contributed by atoms with Crippen LogP contribution >= 0.6 is 15.9 Å². The van der Waals surface area contributed by atoms with Crippen LogP contribution in [0.2, 0.25) is 0 Å². The number of carbonyl (C=O) groups is 1. The van der Waals surface area contributed by atoms with Crippen LogP contribution in [0.3, 0.4) is 0 Å². The Labute approximate surface area is 119 Å². The van der Waals surface area contributed by atoms with E-state index in [-0.39, 0.29) is 12.5 Å². The zero-order chi connectivity index (χ0) is 14.0. The number of pyridine rings is 1. The van der Waals surface area contributed by atoms with E-state index in [1.165, 1.54) is 0 Å². The number of nitrogen functional groups attached to an aromatic ring is 1. The number of rotatable bonds is 3. The number of nitrogens with two attached hydrogens (primary N) is 1. The van der Waals surface area contributed by atoms with Crippen molar-refractivity contribution in [3.63, 3.8) is 0 Å². The molecule has 19 heavy (non-hydrogen) atoms. The van der Waals surface area contributed by atoms with Gasteiger partial charge in [0.25, 0.3) is 0 Å². The predicted octanol–water partition coefficient (Wildman–Crippen LogP) is 1.88. The molecule has 0 fully saturated rings. The van der Waals surface area contributed by atoms with E-state index in [4.69, 9.17) is 5.73 Å². The van der Waals surface area contributed by atoms with Gasteiger partial charge in [-0.15, -0.1) is 0 Å². The van der Waals surface area contributed by atoms with E-state index in [2.05, 4.69) is 31.3 Å². The Morgan fingerprint density at radius 2 is 2.26 bits per heavy atom. The molecule has 0 aromatic carbocycles. The lowest BCUT2D eigenvalue weighted by Crippen LogP contribution is -2.20. The van der Waals surface area contributed by atoms with Crippen LogP contribution in [0.15, 0.2) is 22.9 Å². The van der Waals surface area contributed by atoms with Gasteiger partial charge in [0.15, 0.2) is 0 Å². The molecule has 0 spiro atoms. The fourth-order valence-corrected chi connectivity index (χ4v) is 2.02. The number of aryl methyl sites for hydroxylation is 1. The minimum atomic E-state index is -0.181. The van der Waals surface area contributed by atoms with Gasteiger partial charge in [-0.3, -0.25) is 9.48 Å². The highest BCUT2D eigenvalue weighted by Gasteiger charge is 2.12. The number of nitrogens with one attached hydrogen (secondary N) is 1. The lowest BCUT2D eigenvalue weighted by atomic mass is 10.3. The number of nitrogens with zero attached hydrogens (tertiary/aromatic N) is 3. The van der Waals surface area contributed by atoms with E-state index < -0.39 is 0 Å². The summed E-state index contributed by atoms with van der Waals surface area (Å²) in [4.78, 5) is 16.0. The molecule has 6 nitrogen and oxygen atoms in total. The van der Waals surface area contributed by atoms with E-state index in [9.17, 15) is 4.79 Å². The highest BCUT2D eigenvalue weighted by atomic mass is 79.9. The highest BCUT2D eigenvalue weighted by Crippen LogP contribution is 2.19. The first-order chi connectivity index (χ1) is 8.99. The molecule has 2 rings (SSSR count). The second-order valence-electron chi connectivity index (χ2n) is 4.13. The molecule has 0 aliphatic heterocycles. The first-order valence-electron chi connectivity index (χ1n) is 5.69. The number of carbonyl (C=O) groups excluding carboxylic acids is 1. The normalized spacial score (nSPS) is 10.5. The molecule has 0 atom stereocenters. The summed E-state index contributed by atoms with van der Waals surface area (Å²) < 4.78 is 2.18. The van der Waals surface area contributed by atoms with Gasteiger partial charge in [0, 0.05) is 6.20 Å². The monoisotopic (exact) mass is 323 g/mol. The Balaban J connectivity index is 2.10. The average molecular weight is 324 g/mol. The van der Waals surface area contributed by atoms with Crippen molar-refractivity contribution in [3.05, 3.63) is 34.3 Å². The molecule has 0 radical (unpaired) electrons. The fraction of sp³-hybridized carbons (Fsp3) is 0.250. The quantitative estimate of drug-likeness (QED) is 0.844. The predicted molar refractivity (Wildman–Crippen MR) is 76.7 cm³/mol.